The van der Waals surface area contributed by atoms with Crippen LogP contribution in [0.2, 0.25) is 0 Å². The van der Waals surface area contributed by atoms with Gasteiger partial charge < -0.3 is 36.6 Å². The monoisotopic (exact) mass is 730 g/mol. The molecular formula is C38H62N6O8. The van der Waals surface area contributed by atoms with Gasteiger partial charge in [-0.3, -0.25) is 28.8 Å². The van der Waals surface area contributed by atoms with E-state index in [1.165, 1.54) is 14.0 Å². The third kappa shape index (κ3) is 21.7. The molecule has 0 saturated carbocycles. The largest absolute Gasteiger partial charge is 0.444 e. The van der Waals surface area contributed by atoms with E-state index in [2.05, 4.69) is 31.9 Å². The molecule has 0 spiro atoms. The van der Waals surface area contributed by atoms with Crippen molar-refractivity contribution in [2.75, 3.05) is 26.7 Å². The van der Waals surface area contributed by atoms with Crippen LogP contribution in [0.3, 0.4) is 0 Å². The second-order valence-corrected chi connectivity index (χ2v) is 14.5. The second kappa shape index (κ2) is 24.7. The molecule has 0 aliphatic rings. The van der Waals surface area contributed by atoms with Crippen LogP contribution < -0.4 is 31.9 Å². The van der Waals surface area contributed by atoms with Gasteiger partial charge in [0.2, 0.25) is 29.5 Å². The highest BCUT2D eigenvalue weighted by atomic mass is 16.6. The first kappa shape index (κ1) is 45.5. The van der Waals surface area contributed by atoms with Gasteiger partial charge in [0, 0.05) is 45.8 Å². The van der Waals surface area contributed by atoms with Crippen molar-refractivity contribution in [2.24, 2.45) is 11.8 Å². The summed E-state index contributed by atoms with van der Waals surface area (Å²) in [6.45, 7) is 11.0. The average molecular weight is 731 g/mol. The second-order valence-electron chi connectivity index (χ2n) is 14.5. The number of amides is 6. The molecule has 0 saturated heterocycles. The van der Waals surface area contributed by atoms with Gasteiger partial charge in [0.1, 0.15) is 11.6 Å². The quantitative estimate of drug-likeness (QED) is 0.0872. The maximum absolute atomic E-state index is 13.6. The number of unbranched alkanes of at least 4 members (excludes halogenated alkanes) is 3. The lowest BCUT2D eigenvalue weighted by atomic mass is 9.90. The molecule has 292 valence electrons. The summed E-state index contributed by atoms with van der Waals surface area (Å²) in [5.74, 6) is -2.72. The topological polar surface area (TPSA) is 201 Å². The molecule has 0 aromatic heterocycles. The van der Waals surface area contributed by atoms with E-state index < -0.39 is 48.1 Å². The molecule has 14 nitrogen and oxygen atoms in total. The molecule has 1 aromatic carbocycles. The number of hydrogen-bond acceptors (Lipinski definition) is 8. The van der Waals surface area contributed by atoms with Crippen molar-refractivity contribution < 1.29 is 38.3 Å². The van der Waals surface area contributed by atoms with Crippen LogP contribution in [-0.4, -0.2) is 85.8 Å². The summed E-state index contributed by atoms with van der Waals surface area (Å²) in [6.07, 6.45) is 3.62. The first-order valence-electron chi connectivity index (χ1n) is 18.4. The number of ether oxygens (including phenoxy) is 1. The zero-order chi connectivity index (χ0) is 39.1. The van der Waals surface area contributed by atoms with E-state index in [4.69, 9.17) is 4.74 Å². The van der Waals surface area contributed by atoms with E-state index in [1.54, 1.807) is 20.8 Å². The van der Waals surface area contributed by atoms with Crippen LogP contribution >= 0.6 is 0 Å². The molecule has 0 fully saturated rings. The summed E-state index contributed by atoms with van der Waals surface area (Å²) in [7, 11) is 1.51. The van der Waals surface area contributed by atoms with Crippen molar-refractivity contribution >= 4 is 41.4 Å². The average Bonchev–Trinajstić information content (AvgIpc) is 3.06. The Morgan fingerprint density at radius 3 is 2.00 bits per heavy atom. The summed E-state index contributed by atoms with van der Waals surface area (Å²) < 4.78 is 5.20. The molecule has 0 radical (unpaired) electrons. The van der Waals surface area contributed by atoms with Crippen molar-refractivity contribution in [1.82, 2.24) is 31.9 Å². The summed E-state index contributed by atoms with van der Waals surface area (Å²) in [5.41, 5.74) is 0.322. The Balaban J connectivity index is 2.77. The van der Waals surface area contributed by atoms with Crippen molar-refractivity contribution in [2.45, 2.75) is 123 Å². The molecule has 6 N–H and O–H groups in total. The Hall–Kier alpha value is -4.49. The number of alkyl carbamates (subject to hydrolysis) is 1. The van der Waals surface area contributed by atoms with Crippen molar-refractivity contribution in [3.8, 4) is 0 Å². The van der Waals surface area contributed by atoms with E-state index in [0.29, 0.717) is 58.0 Å². The third-order valence-electron chi connectivity index (χ3n) is 7.94. The van der Waals surface area contributed by atoms with Crippen LogP contribution in [0.25, 0.3) is 0 Å². The Morgan fingerprint density at radius 1 is 0.750 bits per heavy atom. The Labute approximate surface area is 309 Å². The van der Waals surface area contributed by atoms with Gasteiger partial charge >= 0.3 is 6.09 Å². The molecule has 14 heteroatoms. The number of nitrogens with one attached hydrogen (secondary N) is 6. The van der Waals surface area contributed by atoms with E-state index in [0.717, 1.165) is 5.56 Å². The Kier molecular flexibility index (Phi) is 21.6. The predicted molar refractivity (Wildman–Crippen MR) is 199 cm³/mol. The number of rotatable bonds is 24. The summed E-state index contributed by atoms with van der Waals surface area (Å²) in [5, 5.41) is 16.1. The van der Waals surface area contributed by atoms with Gasteiger partial charge in [-0.05, 0) is 77.2 Å². The zero-order valence-corrected chi connectivity index (χ0v) is 32.2. The van der Waals surface area contributed by atoms with Crippen LogP contribution in [0.1, 0.15) is 105 Å². The Bertz CT molecular complexity index is 1300. The Morgan fingerprint density at radius 2 is 1.38 bits per heavy atom. The molecule has 52 heavy (non-hydrogen) atoms. The fourth-order valence-corrected chi connectivity index (χ4v) is 5.39. The van der Waals surface area contributed by atoms with Crippen LogP contribution in [0, 0.1) is 11.8 Å². The molecule has 0 bridgehead atoms. The van der Waals surface area contributed by atoms with Gasteiger partial charge in [-0.25, -0.2) is 4.79 Å². The zero-order valence-electron chi connectivity index (χ0n) is 32.2. The standard InChI is InChI=1S/C38H62N6O8/c1-26(2)22-31(44-33(47)19-12-9-14-21-41-37(51)52-38(4,5)6)36(50)42-25-34(48)43-30(18-13-15-20-40-27(3)45)32(46)24-29(35(49)39-7)23-28-16-10-8-11-17-28/h8,10-11,16-17,26,29-31H,9,12-15,18-25H2,1-7H3,(H,39,49)(H,40,45)(H,41,51)(H,42,50)(H,43,48)(H,44,47)/t29-,30+,31+/m1/s1. The lowest BCUT2D eigenvalue weighted by molar-refractivity contribution is -0.132. The van der Waals surface area contributed by atoms with Gasteiger partial charge in [0.15, 0.2) is 5.78 Å². The maximum atomic E-state index is 13.6. The molecular weight excluding hydrogens is 668 g/mol. The van der Waals surface area contributed by atoms with Gasteiger partial charge in [0.25, 0.3) is 0 Å². The molecule has 0 aliphatic carbocycles. The van der Waals surface area contributed by atoms with Gasteiger partial charge in [-0.1, -0.05) is 50.6 Å². The smallest absolute Gasteiger partial charge is 0.407 e. The molecule has 3 atom stereocenters. The van der Waals surface area contributed by atoms with E-state index >= 15 is 0 Å². The summed E-state index contributed by atoms with van der Waals surface area (Å²) in [6, 6.07) is 7.59. The van der Waals surface area contributed by atoms with Gasteiger partial charge in [-0.2, -0.15) is 0 Å². The highest BCUT2D eigenvalue weighted by molar-refractivity contribution is 5.94. The first-order chi connectivity index (χ1) is 24.5. The van der Waals surface area contributed by atoms with E-state index in [-0.39, 0.29) is 48.7 Å². The third-order valence-corrected chi connectivity index (χ3v) is 7.94. The van der Waals surface area contributed by atoms with Crippen molar-refractivity contribution in [3.05, 3.63) is 35.9 Å². The van der Waals surface area contributed by atoms with E-state index in [9.17, 15) is 33.6 Å². The van der Waals surface area contributed by atoms with Crippen molar-refractivity contribution in [3.63, 3.8) is 0 Å². The molecule has 0 aliphatic heterocycles. The summed E-state index contributed by atoms with van der Waals surface area (Å²) in [4.78, 5) is 88.2. The molecule has 6 amide bonds. The van der Waals surface area contributed by atoms with E-state index in [1.807, 2.05) is 44.2 Å². The first-order valence-corrected chi connectivity index (χ1v) is 18.4. The number of carbonyl (C=O) groups is 7. The minimum absolute atomic E-state index is 0.0763. The predicted octanol–water partition coefficient (Wildman–Crippen LogP) is 3.07. The highest BCUT2D eigenvalue weighted by Gasteiger charge is 2.28. The van der Waals surface area contributed by atoms with Gasteiger partial charge in [-0.15, -0.1) is 0 Å². The molecule has 1 rings (SSSR count). The minimum atomic E-state index is -0.907. The van der Waals surface area contributed by atoms with Crippen LogP contribution in [0.5, 0.6) is 0 Å². The number of benzene rings is 1. The van der Waals surface area contributed by atoms with Crippen LogP contribution in [0.15, 0.2) is 30.3 Å². The molecule has 0 unspecified atom stereocenters. The fourth-order valence-electron chi connectivity index (χ4n) is 5.39. The summed E-state index contributed by atoms with van der Waals surface area (Å²) >= 11 is 0. The highest BCUT2D eigenvalue weighted by Crippen LogP contribution is 2.16. The number of hydrogen-bond donors (Lipinski definition) is 6. The van der Waals surface area contributed by atoms with Crippen molar-refractivity contribution in [1.29, 1.82) is 0 Å². The number of Topliss-reactive ketones (excluding diaryl/α,β-unsaturated/α-hetero) is 1. The lowest BCUT2D eigenvalue weighted by Crippen LogP contribution is -2.51. The van der Waals surface area contributed by atoms with Crippen LogP contribution in [-0.2, 0) is 39.9 Å². The lowest BCUT2D eigenvalue weighted by Gasteiger charge is -2.22. The fraction of sp³-hybridized carbons (Fsp3) is 0.658. The number of ketones is 1. The molecule has 0 heterocycles. The SMILES string of the molecule is CNC(=O)[C@@H](CC(=O)[C@H](CCCCNC(C)=O)NC(=O)CNC(=O)[C@H](CC(C)C)NC(=O)CCCCCNC(=O)OC(C)(C)C)Cc1ccccc1. The minimum Gasteiger partial charge on any atom is -0.444 e. The number of carbonyl (C=O) groups excluding carboxylic acids is 7. The maximum Gasteiger partial charge on any atom is 0.407 e. The normalized spacial score (nSPS) is 12.8. The van der Waals surface area contributed by atoms with Gasteiger partial charge in [0.05, 0.1) is 12.6 Å². The molecule has 1 aromatic rings. The van der Waals surface area contributed by atoms with Crippen LogP contribution in [0.4, 0.5) is 4.79 Å².